The normalized spacial score (nSPS) is 18.1. The van der Waals surface area contributed by atoms with Crippen molar-refractivity contribution in [1.29, 1.82) is 0 Å². The van der Waals surface area contributed by atoms with Crippen LogP contribution in [0.3, 0.4) is 0 Å². The molecule has 0 saturated heterocycles. The molecule has 2 aromatic carbocycles. The molecule has 0 aliphatic carbocycles. The fraction of sp³-hybridized carbons (Fsp3) is 0.176. The molecule has 1 aliphatic rings. The quantitative estimate of drug-likeness (QED) is 0.775. The second-order valence-corrected chi connectivity index (χ2v) is 4.86. The lowest BCUT2D eigenvalue weighted by Crippen LogP contribution is -2.12. The summed E-state index contributed by atoms with van der Waals surface area (Å²) >= 11 is 0. The maximum Gasteiger partial charge on any atom is 0.155 e. The zero-order valence-corrected chi connectivity index (χ0v) is 11.2. The van der Waals surface area contributed by atoms with Crippen LogP contribution in [0.4, 0.5) is 0 Å². The fourth-order valence-corrected chi connectivity index (χ4v) is 2.32. The highest BCUT2D eigenvalue weighted by atomic mass is 15.0. The van der Waals surface area contributed by atoms with Gasteiger partial charge in [0.05, 0.1) is 11.8 Å². The first-order chi connectivity index (χ1) is 9.24. The fourth-order valence-electron chi connectivity index (χ4n) is 2.32. The average molecular weight is 248 g/mol. The maximum absolute atomic E-state index is 4.72. The third-order valence-electron chi connectivity index (χ3n) is 3.28. The van der Waals surface area contributed by atoms with Gasteiger partial charge in [-0.15, -0.1) is 0 Å². The number of nitrogens with zero attached hydrogens (tertiary/aromatic N) is 2. The largest absolute Gasteiger partial charge is 0.257 e. The van der Waals surface area contributed by atoms with Crippen molar-refractivity contribution in [2.75, 3.05) is 0 Å². The number of aliphatic imine (C=N–C) groups is 2. The van der Waals surface area contributed by atoms with Crippen LogP contribution in [0.15, 0.2) is 64.6 Å². The lowest BCUT2D eigenvalue weighted by Gasteiger charge is -2.05. The van der Waals surface area contributed by atoms with E-state index in [2.05, 4.69) is 43.1 Å². The molecule has 19 heavy (non-hydrogen) atoms. The smallest absolute Gasteiger partial charge is 0.155 e. The summed E-state index contributed by atoms with van der Waals surface area (Å²) in [6.07, 6.45) is 0. The molecule has 2 nitrogen and oxygen atoms in total. The van der Waals surface area contributed by atoms with E-state index in [9.17, 15) is 0 Å². The molecular weight excluding hydrogens is 232 g/mol. The third kappa shape index (κ3) is 2.34. The molecule has 0 aromatic heterocycles. The number of amidine groups is 1. The van der Waals surface area contributed by atoms with E-state index in [1.807, 2.05) is 30.3 Å². The van der Waals surface area contributed by atoms with Gasteiger partial charge in [-0.3, -0.25) is 4.99 Å². The highest BCUT2D eigenvalue weighted by Crippen LogP contribution is 2.18. The van der Waals surface area contributed by atoms with E-state index >= 15 is 0 Å². The van der Waals surface area contributed by atoms with E-state index in [0.29, 0.717) is 0 Å². The van der Waals surface area contributed by atoms with Crippen LogP contribution in [-0.2, 0) is 0 Å². The van der Waals surface area contributed by atoms with Crippen LogP contribution in [0, 0.1) is 6.92 Å². The van der Waals surface area contributed by atoms with Crippen LogP contribution in [0.1, 0.15) is 23.6 Å². The minimum Gasteiger partial charge on any atom is -0.257 e. The Morgan fingerprint density at radius 2 is 1.63 bits per heavy atom. The molecular formula is C17H16N2. The Morgan fingerprint density at radius 1 is 0.895 bits per heavy atom. The molecule has 0 fully saturated rings. The molecule has 3 rings (SSSR count). The first-order valence-electron chi connectivity index (χ1n) is 6.53. The Bertz CT molecular complexity index is 654. The zero-order valence-electron chi connectivity index (χ0n) is 11.2. The third-order valence-corrected chi connectivity index (χ3v) is 3.28. The Balaban J connectivity index is 1.98. The van der Waals surface area contributed by atoms with Crippen molar-refractivity contribution in [3.63, 3.8) is 0 Å². The minimum absolute atomic E-state index is 0.122. The summed E-state index contributed by atoms with van der Waals surface area (Å²) in [5, 5.41) is 0. The first-order valence-corrected chi connectivity index (χ1v) is 6.53. The molecule has 0 amide bonds. The summed E-state index contributed by atoms with van der Waals surface area (Å²) in [7, 11) is 0. The summed E-state index contributed by atoms with van der Waals surface area (Å²) in [5.41, 5.74) is 4.56. The number of benzene rings is 2. The molecule has 1 aliphatic heterocycles. The van der Waals surface area contributed by atoms with Crippen molar-refractivity contribution >= 4 is 11.5 Å². The molecule has 2 heteroatoms. The Morgan fingerprint density at radius 3 is 2.37 bits per heavy atom. The molecule has 0 radical (unpaired) electrons. The Labute approximate surface area is 113 Å². The highest BCUT2D eigenvalue weighted by molar-refractivity contribution is 6.18. The molecule has 1 unspecified atom stereocenters. The minimum atomic E-state index is 0.122. The molecule has 94 valence electrons. The van der Waals surface area contributed by atoms with Gasteiger partial charge in [0.2, 0.25) is 0 Å². The van der Waals surface area contributed by atoms with E-state index in [4.69, 9.17) is 4.99 Å². The van der Waals surface area contributed by atoms with Crippen molar-refractivity contribution < 1.29 is 0 Å². The second kappa shape index (κ2) is 4.81. The Hall–Kier alpha value is -2.22. The predicted molar refractivity (Wildman–Crippen MR) is 80.2 cm³/mol. The van der Waals surface area contributed by atoms with E-state index in [-0.39, 0.29) is 6.04 Å². The van der Waals surface area contributed by atoms with Crippen molar-refractivity contribution in [2.24, 2.45) is 9.98 Å². The van der Waals surface area contributed by atoms with Crippen molar-refractivity contribution in [2.45, 2.75) is 19.9 Å². The summed E-state index contributed by atoms with van der Waals surface area (Å²) in [4.78, 5) is 9.38. The monoisotopic (exact) mass is 248 g/mol. The van der Waals surface area contributed by atoms with Crippen LogP contribution in [0.5, 0.6) is 0 Å². The SMILES string of the molecule is Cc1cccc(C2=NC(c3ccccc3)=NC2C)c1. The Kier molecular flexibility index (Phi) is 3.00. The molecule has 0 spiro atoms. The van der Waals surface area contributed by atoms with Gasteiger partial charge in [-0.05, 0) is 19.4 Å². The van der Waals surface area contributed by atoms with Gasteiger partial charge in [0.15, 0.2) is 5.84 Å². The van der Waals surface area contributed by atoms with Gasteiger partial charge in [-0.1, -0.05) is 60.2 Å². The number of hydrogen-bond donors (Lipinski definition) is 0. The summed E-state index contributed by atoms with van der Waals surface area (Å²) < 4.78 is 0. The number of hydrogen-bond acceptors (Lipinski definition) is 2. The lowest BCUT2D eigenvalue weighted by atomic mass is 10.0. The van der Waals surface area contributed by atoms with Crippen molar-refractivity contribution in [3.05, 3.63) is 71.3 Å². The van der Waals surface area contributed by atoms with Gasteiger partial charge in [-0.2, -0.15) is 0 Å². The van der Waals surface area contributed by atoms with Crippen LogP contribution in [0.2, 0.25) is 0 Å². The number of rotatable bonds is 2. The van der Waals surface area contributed by atoms with Crippen LogP contribution < -0.4 is 0 Å². The van der Waals surface area contributed by atoms with Gasteiger partial charge >= 0.3 is 0 Å². The first kappa shape index (κ1) is 11.8. The van der Waals surface area contributed by atoms with Gasteiger partial charge < -0.3 is 0 Å². The van der Waals surface area contributed by atoms with Gasteiger partial charge in [0, 0.05) is 5.56 Å². The molecule has 2 aromatic rings. The number of aryl methyl sites for hydroxylation is 1. The summed E-state index contributed by atoms with van der Waals surface area (Å²) in [5.74, 6) is 0.838. The van der Waals surface area contributed by atoms with Gasteiger partial charge in [0.25, 0.3) is 0 Å². The van der Waals surface area contributed by atoms with E-state index in [1.165, 1.54) is 11.1 Å². The zero-order chi connectivity index (χ0) is 13.2. The molecule has 1 atom stereocenters. The van der Waals surface area contributed by atoms with Gasteiger partial charge in [-0.25, -0.2) is 4.99 Å². The van der Waals surface area contributed by atoms with Crippen LogP contribution >= 0.6 is 0 Å². The molecule has 1 heterocycles. The molecule has 0 N–H and O–H groups in total. The van der Waals surface area contributed by atoms with Crippen molar-refractivity contribution in [3.8, 4) is 0 Å². The van der Waals surface area contributed by atoms with E-state index < -0.39 is 0 Å². The van der Waals surface area contributed by atoms with E-state index in [0.717, 1.165) is 17.1 Å². The average Bonchev–Trinajstić information content (AvgIpc) is 2.82. The standard InChI is InChI=1S/C17H16N2/c1-12-7-6-10-15(11-12)16-13(2)18-17(19-16)14-8-4-3-5-9-14/h3-11,13H,1-2H3. The highest BCUT2D eigenvalue weighted by Gasteiger charge is 2.20. The van der Waals surface area contributed by atoms with Crippen molar-refractivity contribution in [1.82, 2.24) is 0 Å². The van der Waals surface area contributed by atoms with E-state index in [1.54, 1.807) is 0 Å². The molecule has 0 saturated carbocycles. The second-order valence-electron chi connectivity index (χ2n) is 4.86. The van der Waals surface area contributed by atoms with Crippen LogP contribution in [-0.4, -0.2) is 17.6 Å². The maximum atomic E-state index is 4.72. The van der Waals surface area contributed by atoms with Crippen LogP contribution in [0.25, 0.3) is 0 Å². The predicted octanol–water partition coefficient (Wildman–Crippen LogP) is 3.63. The topological polar surface area (TPSA) is 24.7 Å². The molecule has 0 bridgehead atoms. The summed E-state index contributed by atoms with van der Waals surface area (Å²) in [6, 6.07) is 18.7. The lowest BCUT2D eigenvalue weighted by molar-refractivity contribution is 0.999. The van der Waals surface area contributed by atoms with Gasteiger partial charge in [0.1, 0.15) is 0 Å². The summed E-state index contributed by atoms with van der Waals surface area (Å²) in [6.45, 7) is 4.19.